The molecule has 0 saturated carbocycles. The average molecular weight is 347 g/mol. The number of hydrogen-bond acceptors (Lipinski definition) is 6. The summed E-state index contributed by atoms with van der Waals surface area (Å²) in [5.41, 5.74) is 2.04. The molecule has 1 amide bonds. The van der Waals surface area contributed by atoms with E-state index in [0.717, 1.165) is 40.7 Å². The number of amides is 1. The highest BCUT2D eigenvalue weighted by Gasteiger charge is 2.15. The number of nitrogens with zero attached hydrogens (tertiary/aromatic N) is 2. The van der Waals surface area contributed by atoms with Crippen molar-refractivity contribution in [2.24, 2.45) is 0 Å². The molecule has 1 aliphatic heterocycles. The van der Waals surface area contributed by atoms with Gasteiger partial charge in [-0.25, -0.2) is 4.98 Å². The Labute approximate surface area is 145 Å². The summed E-state index contributed by atoms with van der Waals surface area (Å²) in [6.07, 6.45) is 1.40. The second-order valence-corrected chi connectivity index (χ2v) is 6.64. The molecule has 1 aliphatic rings. The van der Waals surface area contributed by atoms with Gasteiger partial charge in [-0.2, -0.15) is 0 Å². The van der Waals surface area contributed by atoms with Gasteiger partial charge in [0, 0.05) is 38.0 Å². The number of carbonyl (C=O) groups excluding carboxylic acids is 1. The minimum Gasteiger partial charge on any atom is -0.454 e. The molecule has 2 heterocycles. The van der Waals surface area contributed by atoms with Crippen LogP contribution in [0.15, 0.2) is 23.6 Å². The van der Waals surface area contributed by atoms with Crippen LogP contribution in [0.3, 0.4) is 0 Å². The third-order valence-corrected chi connectivity index (χ3v) is 4.66. The van der Waals surface area contributed by atoms with E-state index >= 15 is 0 Å². The molecule has 0 radical (unpaired) electrons. The monoisotopic (exact) mass is 347 g/mol. The Morgan fingerprint density at radius 2 is 2.17 bits per heavy atom. The Bertz CT molecular complexity index is 715. The molecule has 6 nitrogen and oxygen atoms in total. The Balaban J connectivity index is 1.48. The summed E-state index contributed by atoms with van der Waals surface area (Å²) in [6.45, 7) is 1.79. The third-order valence-electron chi connectivity index (χ3n) is 3.72. The summed E-state index contributed by atoms with van der Waals surface area (Å²) in [5.74, 6) is 1.72. The molecule has 0 atom stereocenters. The third kappa shape index (κ3) is 4.04. The van der Waals surface area contributed by atoms with Crippen molar-refractivity contribution in [3.63, 3.8) is 0 Å². The molecular weight excluding hydrogens is 326 g/mol. The molecule has 0 saturated heterocycles. The standard InChI is InChI=1S/C17H21N3O3S/c1-20(2)16(21)4-3-7-18-9-13-10-24-17(19-13)12-5-6-14-15(8-12)23-11-22-14/h5-6,8,10,18H,3-4,7,9,11H2,1-2H3. The molecule has 2 aromatic rings. The number of aromatic nitrogens is 1. The Hall–Kier alpha value is -2.12. The number of hydrogen-bond donors (Lipinski definition) is 1. The maximum Gasteiger partial charge on any atom is 0.231 e. The van der Waals surface area contributed by atoms with E-state index in [4.69, 9.17) is 9.47 Å². The maximum absolute atomic E-state index is 11.5. The van der Waals surface area contributed by atoms with E-state index in [0.29, 0.717) is 13.0 Å². The average Bonchev–Trinajstić information content (AvgIpc) is 3.22. The van der Waals surface area contributed by atoms with Crippen molar-refractivity contribution in [2.45, 2.75) is 19.4 Å². The molecule has 1 aromatic carbocycles. The van der Waals surface area contributed by atoms with Gasteiger partial charge in [-0.3, -0.25) is 4.79 Å². The summed E-state index contributed by atoms with van der Waals surface area (Å²) in [5, 5.41) is 6.35. The fraction of sp³-hybridized carbons (Fsp3) is 0.412. The van der Waals surface area contributed by atoms with Gasteiger partial charge in [-0.15, -0.1) is 11.3 Å². The van der Waals surface area contributed by atoms with Crippen LogP contribution in [0.1, 0.15) is 18.5 Å². The van der Waals surface area contributed by atoms with Crippen molar-refractivity contribution in [1.82, 2.24) is 15.2 Å². The van der Waals surface area contributed by atoms with Crippen LogP contribution in [0.5, 0.6) is 11.5 Å². The maximum atomic E-state index is 11.5. The first-order valence-electron chi connectivity index (χ1n) is 7.89. The van der Waals surface area contributed by atoms with Gasteiger partial charge in [-0.05, 0) is 31.2 Å². The normalized spacial score (nSPS) is 12.4. The lowest BCUT2D eigenvalue weighted by atomic mass is 10.2. The number of thiazole rings is 1. The SMILES string of the molecule is CN(C)C(=O)CCCNCc1csc(-c2ccc3c(c2)OCO3)n1. The van der Waals surface area contributed by atoms with E-state index in [2.05, 4.69) is 15.7 Å². The first kappa shape index (κ1) is 16.7. The Morgan fingerprint density at radius 3 is 3.00 bits per heavy atom. The van der Waals surface area contributed by atoms with Crippen molar-refractivity contribution in [3.8, 4) is 22.1 Å². The Kier molecular flexibility index (Phi) is 5.32. The molecule has 0 fully saturated rings. The van der Waals surface area contributed by atoms with Gasteiger partial charge in [0.2, 0.25) is 12.7 Å². The zero-order valence-corrected chi connectivity index (χ0v) is 14.7. The summed E-state index contributed by atoms with van der Waals surface area (Å²) in [7, 11) is 3.56. The zero-order valence-electron chi connectivity index (χ0n) is 13.9. The van der Waals surface area contributed by atoms with Crippen molar-refractivity contribution >= 4 is 17.2 Å². The minimum absolute atomic E-state index is 0.163. The predicted octanol–water partition coefficient (Wildman–Crippen LogP) is 2.50. The quantitative estimate of drug-likeness (QED) is 0.780. The highest BCUT2D eigenvalue weighted by atomic mass is 32.1. The van der Waals surface area contributed by atoms with Gasteiger partial charge in [0.05, 0.1) is 5.69 Å². The van der Waals surface area contributed by atoms with Crippen molar-refractivity contribution in [3.05, 3.63) is 29.3 Å². The molecular formula is C17H21N3O3S. The number of nitrogens with one attached hydrogen (secondary N) is 1. The highest BCUT2D eigenvalue weighted by Crippen LogP contribution is 2.36. The van der Waals surface area contributed by atoms with Crippen molar-refractivity contribution in [1.29, 1.82) is 0 Å². The van der Waals surface area contributed by atoms with Crippen LogP contribution in [0.4, 0.5) is 0 Å². The molecule has 1 N–H and O–H groups in total. The van der Waals surface area contributed by atoms with Crippen LogP contribution < -0.4 is 14.8 Å². The number of benzene rings is 1. The topological polar surface area (TPSA) is 63.7 Å². The van der Waals surface area contributed by atoms with Gasteiger partial charge in [0.15, 0.2) is 11.5 Å². The second kappa shape index (κ2) is 7.63. The molecule has 128 valence electrons. The van der Waals surface area contributed by atoms with Crippen LogP contribution >= 0.6 is 11.3 Å². The van der Waals surface area contributed by atoms with Gasteiger partial charge in [0.25, 0.3) is 0 Å². The summed E-state index contributed by atoms with van der Waals surface area (Å²) in [6, 6.07) is 5.88. The number of rotatable bonds is 7. The molecule has 0 spiro atoms. The van der Waals surface area contributed by atoms with E-state index in [1.54, 1.807) is 30.3 Å². The fourth-order valence-corrected chi connectivity index (χ4v) is 3.17. The van der Waals surface area contributed by atoms with Crippen LogP contribution in [-0.2, 0) is 11.3 Å². The minimum atomic E-state index is 0.163. The lowest BCUT2D eigenvalue weighted by Crippen LogP contribution is -2.23. The fourth-order valence-electron chi connectivity index (χ4n) is 2.36. The molecule has 0 unspecified atom stereocenters. The van der Waals surface area contributed by atoms with Crippen LogP contribution in [0, 0.1) is 0 Å². The predicted molar refractivity (Wildman–Crippen MR) is 93.3 cm³/mol. The molecule has 1 aromatic heterocycles. The number of fused-ring (bicyclic) bond motifs is 1. The van der Waals surface area contributed by atoms with Gasteiger partial charge in [-0.1, -0.05) is 0 Å². The van der Waals surface area contributed by atoms with Crippen LogP contribution in [0.25, 0.3) is 10.6 Å². The molecule has 0 bridgehead atoms. The largest absolute Gasteiger partial charge is 0.454 e. The van der Waals surface area contributed by atoms with E-state index in [1.807, 2.05) is 18.2 Å². The first-order chi connectivity index (χ1) is 11.6. The molecule has 7 heteroatoms. The first-order valence-corrected chi connectivity index (χ1v) is 8.77. The highest BCUT2D eigenvalue weighted by molar-refractivity contribution is 7.13. The van der Waals surface area contributed by atoms with E-state index in [9.17, 15) is 4.79 Å². The summed E-state index contributed by atoms with van der Waals surface area (Å²) < 4.78 is 10.7. The van der Waals surface area contributed by atoms with Crippen LogP contribution in [0.2, 0.25) is 0 Å². The van der Waals surface area contributed by atoms with E-state index in [-0.39, 0.29) is 12.7 Å². The van der Waals surface area contributed by atoms with Crippen LogP contribution in [-0.4, -0.2) is 43.2 Å². The summed E-state index contributed by atoms with van der Waals surface area (Å²) >= 11 is 1.61. The van der Waals surface area contributed by atoms with Gasteiger partial charge in [0.1, 0.15) is 5.01 Å². The smallest absolute Gasteiger partial charge is 0.231 e. The van der Waals surface area contributed by atoms with E-state index in [1.165, 1.54) is 0 Å². The zero-order chi connectivity index (χ0) is 16.9. The Morgan fingerprint density at radius 1 is 1.33 bits per heavy atom. The van der Waals surface area contributed by atoms with Gasteiger partial charge < -0.3 is 19.7 Å². The second-order valence-electron chi connectivity index (χ2n) is 5.78. The van der Waals surface area contributed by atoms with Crippen molar-refractivity contribution in [2.75, 3.05) is 27.4 Å². The molecule has 0 aliphatic carbocycles. The number of carbonyl (C=O) groups is 1. The molecule has 24 heavy (non-hydrogen) atoms. The summed E-state index contributed by atoms with van der Waals surface area (Å²) in [4.78, 5) is 17.8. The van der Waals surface area contributed by atoms with E-state index < -0.39 is 0 Å². The van der Waals surface area contributed by atoms with Gasteiger partial charge >= 0.3 is 0 Å². The van der Waals surface area contributed by atoms with Crippen molar-refractivity contribution < 1.29 is 14.3 Å². The lowest BCUT2D eigenvalue weighted by Gasteiger charge is -2.09. The molecule has 3 rings (SSSR count). The lowest BCUT2D eigenvalue weighted by molar-refractivity contribution is -0.128. The number of ether oxygens (including phenoxy) is 2.